The number of benzene rings is 1. The summed E-state index contributed by atoms with van der Waals surface area (Å²) in [5.41, 5.74) is 1.90. The van der Waals surface area contributed by atoms with Gasteiger partial charge in [0.1, 0.15) is 6.10 Å². The largest absolute Gasteiger partial charge is 0.394 e. The summed E-state index contributed by atoms with van der Waals surface area (Å²) in [5, 5.41) is 33.7. The lowest BCUT2D eigenvalue weighted by atomic mass is 10.1. The lowest BCUT2D eigenvalue weighted by Crippen LogP contribution is -2.31. The molecule has 5 N–H and O–H groups in total. The number of nitrogens with one attached hydrogen (secondary N) is 2. The molecule has 1 heterocycles. The molecule has 2 rings (SSSR count). The van der Waals surface area contributed by atoms with Crippen molar-refractivity contribution >= 4 is 35.5 Å². The molecule has 1 aromatic heterocycles. The fraction of sp³-hybridized carbons (Fsp3) is 0.474. The van der Waals surface area contributed by atoms with Crippen LogP contribution in [-0.2, 0) is 11.2 Å². The summed E-state index contributed by atoms with van der Waals surface area (Å²) >= 11 is 4.02. The Bertz CT molecular complexity index is 835. The van der Waals surface area contributed by atoms with Gasteiger partial charge >= 0.3 is 0 Å². The number of aliphatic hydroxyl groups is 3. The van der Waals surface area contributed by atoms with Crippen LogP contribution >= 0.6 is 12.6 Å². The van der Waals surface area contributed by atoms with E-state index >= 15 is 0 Å². The van der Waals surface area contributed by atoms with Gasteiger partial charge in [0.2, 0.25) is 5.91 Å². The van der Waals surface area contributed by atoms with Crippen molar-refractivity contribution in [3.63, 3.8) is 0 Å². The normalized spacial score (nSPS) is 13.1. The average molecular weight is 423 g/mol. The van der Waals surface area contributed by atoms with Crippen molar-refractivity contribution in [3.05, 3.63) is 35.7 Å². The number of hydrogen-bond acceptors (Lipinski definition) is 8. The first-order valence-electron chi connectivity index (χ1n) is 9.33. The van der Waals surface area contributed by atoms with E-state index in [1.165, 1.54) is 6.20 Å². The molecule has 0 bridgehead atoms. The number of nitrogens with zero attached hydrogens (tertiary/aromatic N) is 2. The van der Waals surface area contributed by atoms with Gasteiger partial charge in [-0.05, 0) is 24.6 Å². The molecule has 2 amide bonds. The second-order valence-electron chi connectivity index (χ2n) is 6.52. The Hall–Kier alpha value is -2.27. The van der Waals surface area contributed by atoms with Crippen LogP contribution < -0.4 is 10.6 Å². The van der Waals surface area contributed by atoms with Gasteiger partial charge < -0.3 is 26.0 Å². The summed E-state index contributed by atoms with van der Waals surface area (Å²) in [6, 6.07) is 4.90. The van der Waals surface area contributed by atoms with Crippen molar-refractivity contribution in [1.29, 1.82) is 0 Å². The molecule has 1 aromatic carbocycles. The first kappa shape index (κ1) is 23.0. The first-order valence-corrected chi connectivity index (χ1v) is 9.96. The van der Waals surface area contributed by atoms with Crippen LogP contribution in [0.5, 0.6) is 0 Å². The Morgan fingerprint density at radius 3 is 2.62 bits per heavy atom. The van der Waals surface area contributed by atoms with E-state index in [9.17, 15) is 19.8 Å². The molecule has 2 unspecified atom stereocenters. The van der Waals surface area contributed by atoms with Gasteiger partial charge in [-0.3, -0.25) is 14.6 Å². The Labute approximate surface area is 174 Å². The summed E-state index contributed by atoms with van der Waals surface area (Å²) in [6.07, 6.45) is -0.0762. The van der Waals surface area contributed by atoms with E-state index in [0.29, 0.717) is 54.0 Å². The number of aliphatic hydroxyl groups excluding tert-OH is 3. The molecule has 0 aliphatic heterocycles. The summed E-state index contributed by atoms with van der Waals surface area (Å²) in [6.45, 7) is 0.329. The fourth-order valence-electron chi connectivity index (χ4n) is 2.60. The van der Waals surface area contributed by atoms with Gasteiger partial charge in [-0.15, -0.1) is 0 Å². The molecule has 9 nitrogen and oxygen atoms in total. The van der Waals surface area contributed by atoms with E-state index in [1.807, 2.05) is 0 Å². The zero-order valence-corrected chi connectivity index (χ0v) is 16.8. The summed E-state index contributed by atoms with van der Waals surface area (Å²) < 4.78 is 0. The van der Waals surface area contributed by atoms with Gasteiger partial charge in [0, 0.05) is 43.4 Å². The maximum atomic E-state index is 12.3. The standard InChI is InChI=1S/C19H26N4O5S/c24-11-17(26)16(25)9-13-10-22-14-4-3-12(8-15(14)23-13)19(28)21-5-1-2-18(27)20-6-7-29/h3-4,8,10,16-17,24-26,29H,1-2,5-7,9,11H2,(H,20,27)(H,21,28). The SMILES string of the molecule is O=C(CCCNC(=O)c1ccc2ncc(CC(O)C(O)CO)nc2c1)NCCS. The number of amides is 2. The molecule has 2 atom stereocenters. The average Bonchev–Trinajstić information content (AvgIpc) is 2.73. The van der Waals surface area contributed by atoms with Crippen molar-refractivity contribution in [1.82, 2.24) is 20.6 Å². The van der Waals surface area contributed by atoms with E-state index in [0.717, 1.165) is 0 Å². The third-order valence-electron chi connectivity index (χ3n) is 4.20. The minimum Gasteiger partial charge on any atom is -0.394 e. The van der Waals surface area contributed by atoms with Crippen LogP contribution in [0.1, 0.15) is 28.9 Å². The van der Waals surface area contributed by atoms with Gasteiger partial charge in [0.25, 0.3) is 5.91 Å². The number of thiol groups is 1. The highest BCUT2D eigenvalue weighted by molar-refractivity contribution is 7.80. The minimum absolute atomic E-state index is 0.0242. The second-order valence-corrected chi connectivity index (χ2v) is 6.97. The highest BCUT2D eigenvalue weighted by atomic mass is 32.1. The zero-order chi connectivity index (χ0) is 21.2. The fourth-order valence-corrected chi connectivity index (χ4v) is 2.71. The number of hydrogen-bond donors (Lipinski definition) is 6. The molecule has 10 heteroatoms. The van der Waals surface area contributed by atoms with Crippen molar-refractivity contribution in [2.45, 2.75) is 31.5 Å². The monoisotopic (exact) mass is 422 g/mol. The number of fused-ring (bicyclic) bond motifs is 1. The first-order chi connectivity index (χ1) is 13.9. The van der Waals surface area contributed by atoms with Crippen LogP contribution in [-0.4, -0.2) is 74.8 Å². The Morgan fingerprint density at radius 1 is 1.10 bits per heavy atom. The molecule has 2 aromatic rings. The summed E-state index contributed by atoms with van der Waals surface area (Å²) in [4.78, 5) is 32.4. The number of carbonyl (C=O) groups is 2. The lowest BCUT2D eigenvalue weighted by molar-refractivity contribution is -0.121. The zero-order valence-electron chi connectivity index (χ0n) is 15.9. The molecule has 29 heavy (non-hydrogen) atoms. The Kier molecular flexibility index (Phi) is 9.26. The van der Waals surface area contributed by atoms with E-state index in [4.69, 9.17) is 5.11 Å². The number of aromatic nitrogens is 2. The van der Waals surface area contributed by atoms with Crippen LogP contribution in [0.3, 0.4) is 0 Å². The van der Waals surface area contributed by atoms with Crippen molar-refractivity contribution in [2.75, 3.05) is 25.4 Å². The van der Waals surface area contributed by atoms with Crippen molar-refractivity contribution < 1.29 is 24.9 Å². The van der Waals surface area contributed by atoms with Crippen LogP contribution in [0.4, 0.5) is 0 Å². The second kappa shape index (κ2) is 11.7. The molecule has 0 saturated heterocycles. The van der Waals surface area contributed by atoms with Gasteiger partial charge in [0.05, 0.1) is 29.4 Å². The number of carbonyl (C=O) groups excluding carboxylic acids is 2. The molecule has 0 radical (unpaired) electrons. The van der Waals surface area contributed by atoms with Gasteiger partial charge in [-0.25, -0.2) is 4.98 Å². The van der Waals surface area contributed by atoms with Crippen LogP contribution in [0.25, 0.3) is 11.0 Å². The summed E-state index contributed by atoms with van der Waals surface area (Å²) in [5.74, 6) is 0.219. The smallest absolute Gasteiger partial charge is 0.251 e. The van der Waals surface area contributed by atoms with Gasteiger partial charge in [-0.1, -0.05) is 0 Å². The Morgan fingerprint density at radius 2 is 1.90 bits per heavy atom. The predicted octanol–water partition coefficient (Wildman–Crippen LogP) is -0.558. The number of rotatable bonds is 11. The Balaban J connectivity index is 1.95. The van der Waals surface area contributed by atoms with Crippen LogP contribution in [0, 0.1) is 0 Å². The van der Waals surface area contributed by atoms with E-state index in [2.05, 4.69) is 33.2 Å². The molecular weight excluding hydrogens is 396 g/mol. The van der Waals surface area contributed by atoms with E-state index in [1.54, 1.807) is 18.2 Å². The van der Waals surface area contributed by atoms with Crippen LogP contribution in [0.15, 0.2) is 24.4 Å². The maximum absolute atomic E-state index is 12.3. The minimum atomic E-state index is -1.26. The topological polar surface area (TPSA) is 145 Å². The molecule has 158 valence electrons. The van der Waals surface area contributed by atoms with Crippen molar-refractivity contribution in [3.8, 4) is 0 Å². The molecular formula is C19H26N4O5S. The quantitative estimate of drug-likeness (QED) is 0.210. The summed E-state index contributed by atoms with van der Waals surface area (Å²) in [7, 11) is 0. The highest BCUT2D eigenvalue weighted by Gasteiger charge is 2.17. The maximum Gasteiger partial charge on any atom is 0.251 e. The third kappa shape index (κ3) is 7.24. The lowest BCUT2D eigenvalue weighted by Gasteiger charge is -2.14. The molecule has 0 saturated carbocycles. The molecule has 0 spiro atoms. The molecule has 0 aliphatic rings. The van der Waals surface area contributed by atoms with E-state index in [-0.39, 0.29) is 18.2 Å². The molecule has 0 fully saturated rings. The van der Waals surface area contributed by atoms with E-state index < -0.39 is 18.8 Å². The van der Waals surface area contributed by atoms with Gasteiger partial charge in [0.15, 0.2) is 0 Å². The van der Waals surface area contributed by atoms with Crippen LogP contribution in [0.2, 0.25) is 0 Å². The third-order valence-corrected chi connectivity index (χ3v) is 4.43. The van der Waals surface area contributed by atoms with Crippen molar-refractivity contribution in [2.24, 2.45) is 0 Å². The molecule has 0 aliphatic carbocycles. The highest BCUT2D eigenvalue weighted by Crippen LogP contribution is 2.14. The van der Waals surface area contributed by atoms with Gasteiger partial charge in [-0.2, -0.15) is 12.6 Å². The predicted molar refractivity (Wildman–Crippen MR) is 111 cm³/mol.